The van der Waals surface area contributed by atoms with Crippen molar-refractivity contribution in [1.29, 1.82) is 0 Å². The zero-order valence-electron chi connectivity index (χ0n) is 10.6. The molecule has 4 nitrogen and oxygen atoms in total. The molecule has 0 bridgehead atoms. The standard InChI is InChI=1S/C13H19NO3/c1-4-6-13(15)14-10-7-8-11(16-3)12(9-10)17-5-2/h7-9H,4-6H2,1-3H3,(H,14,15). The predicted molar refractivity (Wildman–Crippen MR) is 67.7 cm³/mol. The zero-order valence-corrected chi connectivity index (χ0v) is 10.6. The first kappa shape index (κ1) is 13.4. The summed E-state index contributed by atoms with van der Waals surface area (Å²) in [6.07, 6.45) is 1.36. The Bertz CT molecular complexity index is 377. The van der Waals surface area contributed by atoms with Gasteiger partial charge in [0.05, 0.1) is 13.7 Å². The first-order valence-electron chi connectivity index (χ1n) is 5.82. The van der Waals surface area contributed by atoms with E-state index in [9.17, 15) is 4.79 Å². The van der Waals surface area contributed by atoms with Gasteiger partial charge < -0.3 is 14.8 Å². The van der Waals surface area contributed by atoms with Crippen molar-refractivity contribution in [3.8, 4) is 11.5 Å². The number of hydrogen-bond acceptors (Lipinski definition) is 3. The number of nitrogens with one attached hydrogen (secondary N) is 1. The lowest BCUT2D eigenvalue weighted by Crippen LogP contribution is -2.10. The molecule has 0 saturated carbocycles. The van der Waals surface area contributed by atoms with Gasteiger partial charge in [0, 0.05) is 18.2 Å². The lowest BCUT2D eigenvalue weighted by atomic mass is 10.2. The highest BCUT2D eigenvalue weighted by Gasteiger charge is 2.07. The van der Waals surface area contributed by atoms with Gasteiger partial charge in [-0.05, 0) is 25.5 Å². The number of carbonyl (C=O) groups is 1. The highest BCUT2D eigenvalue weighted by Crippen LogP contribution is 2.30. The molecule has 4 heteroatoms. The van der Waals surface area contributed by atoms with Crippen LogP contribution in [-0.4, -0.2) is 19.6 Å². The van der Waals surface area contributed by atoms with E-state index in [2.05, 4.69) is 5.32 Å². The van der Waals surface area contributed by atoms with Gasteiger partial charge in [-0.3, -0.25) is 4.79 Å². The van der Waals surface area contributed by atoms with Gasteiger partial charge in [-0.2, -0.15) is 0 Å². The largest absolute Gasteiger partial charge is 0.493 e. The molecule has 0 aliphatic carbocycles. The van der Waals surface area contributed by atoms with Gasteiger partial charge in [0.25, 0.3) is 0 Å². The topological polar surface area (TPSA) is 47.6 Å². The third-order valence-corrected chi connectivity index (χ3v) is 2.22. The van der Waals surface area contributed by atoms with Crippen LogP contribution < -0.4 is 14.8 Å². The fourth-order valence-corrected chi connectivity index (χ4v) is 1.47. The molecular formula is C13H19NO3. The Morgan fingerprint density at radius 3 is 2.65 bits per heavy atom. The molecule has 0 saturated heterocycles. The SMILES string of the molecule is CCCC(=O)Nc1ccc(OC)c(OCC)c1. The van der Waals surface area contributed by atoms with Crippen molar-refractivity contribution >= 4 is 11.6 Å². The van der Waals surface area contributed by atoms with Crippen LogP contribution in [0.2, 0.25) is 0 Å². The smallest absolute Gasteiger partial charge is 0.224 e. The second-order valence-corrected chi connectivity index (χ2v) is 3.60. The quantitative estimate of drug-likeness (QED) is 0.827. The van der Waals surface area contributed by atoms with E-state index in [1.807, 2.05) is 13.8 Å². The molecule has 1 aromatic rings. The van der Waals surface area contributed by atoms with E-state index in [-0.39, 0.29) is 5.91 Å². The first-order chi connectivity index (χ1) is 8.21. The minimum atomic E-state index is 0.0140. The maximum atomic E-state index is 11.5. The van der Waals surface area contributed by atoms with Crippen molar-refractivity contribution in [2.45, 2.75) is 26.7 Å². The van der Waals surface area contributed by atoms with Crippen molar-refractivity contribution in [3.63, 3.8) is 0 Å². The van der Waals surface area contributed by atoms with Gasteiger partial charge in [0.2, 0.25) is 5.91 Å². The molecule has 0 spiro atoms. The monoisotopic (exact) mass is 237 g/mol. The summed E-state index contributed by atoms with van der Waals surface area (Å²) >= 11 is 0. The Kier molecular flexibility index (Phi) is 5.33. The first-order valence-corrected chi connectivity index (χ1v) is 5.82. The summed E-state index contributed by atoms with van der Waals surface area (Å²) in [5.41, 5.74) is 0.729. The van der Waals surface area contributed by atoms with Crippen LogP contribution in [0.4, 0.5) is 5.69 Å². The van der Waals surface area contributed by atoms with E-state index in [1.165, 1.54) is 0 Å². The number of amides is 1. The number of hydrogen-bond donors (Lipinski definition) is 1. The van der Waals surface area contributed by atoms with Crippen molar-refractivity contribution in [1.82, 2.24) is 0 Å². The second-order valence-electron chi connectivity index (χ2n) is 3.60. The Morgan fingerprint density at radius 2 is 2.06 bits per heavy atom. The third-order valence-electron chi connectivity index (χ3n) is 2.22. The predicted octanol–water partition coefficient (Wildman–Crippen LogP) is 2.83. The number of benzene rings is 1. The summed E-state index contributed by atoms with van der Waals surface area (Å²) in [4.78, 5) is 11.5. The Morgan fingerprint density at radius 1 is 1.29 bits per heavy atom. The number of methoxy groups -OCH3 is 1. The summed E-state index contributed by atoms with van der Waals surface area (Å²) in [6.45, 7) is 4.43. The minimum absolute atomic E-state index is 0.0140. The molecule has 0 radical (unpaired) electrons. The molecule has 0 unspecified atom stereocenters. The van der Waals surface area contributed by atoms with Crippen LogP contribution in [-0.2, 0) is 4.79 Å². The number of anilines is 1. The van der Waals surface area contributed by atoms with Crippen LogP contribution in [0.3, 0.4) is 0 Å². The summed E-state index contributed by atoms with van der Waals surface area (Å²) in [6, 6.07) is 5.36. The average molecular weight is 237 g/mol. The van der Waals surface area contributed by atoms with E-state index in [4.69, 9.17) is 9.47 Å². The molecule has 1 rings (SSSR count). The fourth-order valence-electron chi connectivity index (χ4n) is 1.47. The van der Waals surface area contributed by atoms with Gasteiger partial charge in [0.15, 0.2) is 11.5 Å². The van der Waals surface area contributed by atoms with Crippen LogP contribution in [0.25, 0.3) is 0 Å². The van der Waals surface area contributed by atoms with E-state index in [1.54, 1.807) is 25.3 Å². The number of ether oxygens (including phenoxy) is 2. The summed E-state index contributed by atoms with van der Waals surface area (Å²) in [5, 5.41) is 2.82. The molecule has 1 N–H and O–H groups in total. The van der Waals surface area contributed by atoms with Gasteiger partial charge in [-0.1, -0.05) is 6.92 Å². The average Bonchev–Trinajstić information content (AvgIpc) is 2.30. The summed E-state index contributed by atoms with van der Waals surface area (Å²) in [5.74, 6) is 1.32. The maximum Gasteiger partial charge on any atom is 0.224 e. The van der Waals surface area contributed by atoms with Gasteiger partial charge >= 0.3 is 0 Å². The van der Waals surface area contributed by atoms with Crippen molar-refractivity contribution in [2.75, 3.05) is 19.0 Å². The second kappa shape index (κ2) is 6.78. The van der Waals surface area contributed by atoms with Gasteiger partial charge in [-0.25, -0.2) is 0 Å². The van der Waals surface area contributed by atoms with Crippen molar-refractivity contribution < 1.29 is 14.3 Å². The molecular weight excluding hydrogens is 218 g/mol. The van der Waals surface area contributed by atoms with E-state index in [0.29, 0.717) is 24.5 Å². The molecule has 1 aromatic carbocycles. The fraction of sp³-hybridized carbons (Fsp3) is 0.462. The lowest BCUT2D eigenvalue weighted by molar-refractivity contribution is -0.116. The Labute approximate surface area is 102 Å². The third kappa shape index (κ3) is 3.98. The van der Waals surface area contributed by atoms with Crippen LogP contribution in [0.15, 0.2) is 18.2 Å². The minimum Gasteiger partial charge on any atom is -0.493 e. The van der Waals surface area contributed by atoms with E-state index >= 15 is 0 Å². The highest BCUT2D eigenvalue weighted by molar-refractivity contribution is 5.91. The van der Waals surface area contributed by atoms with Crippen LogP contribution >= 0.6 is 0 Å². The van der Waals surface area contributed by atoms with Crippen LogP contribution in [0.5, 0.6) is 11.5 Å². The summed E-state index contributed by atoms with van der Waals surface area (Å²) in [7, 11) is 1.59. The van der Waals surface area contributed by atoms with E-state index in [0.717, 1.165) is 12.1 Å². The van der Waals surface area contributed by atoms with E-state index < -0.39 is 0 Å². The van der Waals surface area contributed by atoms with Crippen molar-refractivity contribution in [3.05, 3.63) is 18.2 Å². The van der Waals surface area contributed by atoms with Crippen molar-refractivity contribution in [2.24, 2.45) is 0 Å². The molecule has 17 heavy (non-hydrogen) atoms. The molecule has 0 fully saturated rings. The molecule has 1 amide bonds. The molecule has 0 aliphatic heterocycles. The molecule has 94 valence electrons. The Hall–Kier alpha value is -1.71. The molecule has 0 atom stereocenters. The highest BCUT2D eigenvalue weighted by atomic mass is 16.5. The van der Waals surface area contributed by atoms with Crippen LogP contribution in [0, 0.1) is 0 Å². The molecule has 0 aliphatic rings. The van der Waals surface area contributed by atoms with Gasteiger partial charge in [-0.15, -0.1) is 0 Å². The zero-order chi connectivity index (χ0) is 12.7. The number of rotatable bonds is 6. The summed E-state index contributed by atoms with van der Waals surface area (Å²) < 4.78 is 10.6. The number of carbonyl (C=O) groups excluding carboxylic acids is 1. The lowest BCUT2D eigenvalue weighted by Gasteiger charge is -2.11. The maximum absolute atomic E-state index is 11.5. The molecule has 0 heterocycles. The van der Waals surface area contributed by atoms with Crippen LogP contribution in [0.1, 0.15) is 26.7 Å². The normalized spacial score (nSPS) is 9.82. The van der Waals surface area contributed by atoms with Gasteiger partial charge in [0.1, 0.15) is 0 Å². The molecule has 0 aromatic heterocycles. The Balaban J connectivity index is 2.80.